The molecular weight excluding hydrogens is 190 g/mol. The summed E-state index contributed by atoms with van der Waals surface area (Å²) < 4.78 is 0. The van der Waals surface area contributed by atoms with Crippen LogP contribution in [0.15, 0.2) is 0 Å². The fraction of sp³-hybridized carbons (Fsp3) is 0.909. The Hall–Kier alpha value is -0.610. The number of carbonyl (C=O) groups excluding carboxylic acids is 1. The van der Waals surface area contributed by atoms with E-state index in [1.54, 1.807) is 0 Å². The third kappa shape index (κ3) is 6.47. The summed E-state index contributed by atoms with van der Waals surface area (Å²) in [6.45, 7) is 6.84. The second kappa shape index (κ2) is 6.80. The number of nitrogens with two attached hydrogens (primary N) is 1. The van der Waals surface area contributed by atoms with Gasteiger partial charge in [-0.1, -0.05) is 13.8 Å². The van der Waals surface area contributed by atoms with Gasteiger partial charge in [-0.15, -0.1) is 0 Å². The molecule has 15 heavy (non-hydrogen) atoms. The lowest BCUT2D eigenvalue weighted by Gasteiger charge is -2.21. The molecule has 4 heteroatoms. The summed E-state index contributed by atoms with van der Waals surface area (Å²) >= 11 is 0. The molecule has 0 saturated heterocycles. The molecule has 0 bridgehead atoms. The fourth-order valence-electron chi connectivity index (χ4n) is 1.18. The van der Waals surface area contributed by atoms with Gasteiger partial charge in [-0.3, -0.25) is 4.79 Å². The van der Waals surface area contributed by atoms with Crippen LogP contribution in [-0.4, -0.2) is 43.5 Å². The first kappa shape index (κ1) is 14.4. The zero-order valence-electron chi connectivity index (χ0n) is 10.6. The maximum atomic E-state index is 11.6. The fourth-order valence-corrected chi connectivity index (χ4v) is 1.18. The van der Waals surface area contributed by atoms with Crippen molar-refractivity contribution in [2.75, 3.05) is 20.6 Å². The zero-order chi connectivity index (χ0) is 12.0. The number of amides is 1. The van der Waals surface area contributed by atoms with Gasteiger partial charge in [0.05, 0.1) is 6.04 Å². The van der Waals surface area contributed by atoms with Crippen LogP contribution in [0, 0.1) is 5.92 Å². The molecule has 1 unspecified atom stereocenters. The van der Waals surface area contributed by atoms with Crippen molar-refractivity contribution in [1.29, 1.82) is 0 Å². The van der Waals surface area contributed by atoms with E-state index in [0.717, 1.165) is 6.42 Å². The smallest absolute Gasteiger partial charge is 0.236 e. The lowest BCUT2D eigenvalue weighted by molar-refractivity contribution is -0.122. The highest BCUT2D eigenvalue weighted by Crippen LogP contribution is 2.02. The minimum absolute atomic E-state index is 0.0441. The van der Waals surface area contributed by atoms with Gasteiger partial charge in [-0.05, 0) is 33.4 Å². The Balaban J connectivity index is 3.83. The molecule has 0 fully saturated rings. The van der Waals surface area contributed by atoms with Gasteiger partial charge < -0.3 is 16.0 Å². The predicted octanol–water partition coefficient (Wildman–Crippen LogP) is 0.426. The van der Waals surface area contributed by atoms with Crippen LogP contribution in [0.1, 0.15) is 27.2 Å². The number of nitrogens with one attached hydrogen (secondary N) is 1. The Kier molecular flexibility index (Phi) is 6.52. The lowest BCUT2D eigenvalue weighted by Crippen LogP contribution is -2.45. The molecule has 2 atom stereocenters. The quantitative estimate of drug-likeness (QED) is 0.675. The lowest BCUT2D eigenvalue weighted by atomic mass is 10.0. The number of rotatable bonds is 6. The van der Waals surface area contributed by atoms with Crippen LogP contribution < -0.4 is 11.1 Å². The Labute approximate surface area is 93.2 Å². The molecular formula is C11H25N3O. The zero-order valence-corrected chi connectivity index (χ0v) is 10.6. The highest BCUT2D eigenvalue weighted by atomic mass is 16.2. The standard InChI is InChI=1S/C11H25N3O/c1-8(2)6-10(12)11(15)13-7-9(3)14(4)5/h8-10H,6-7,12H2,1-5H3,(H,13,15)/t9?,10-/m1/s1. The number of hydrogen-bond donors (Lipinski definition) is 2. The predicted molar refractivity (Wildman–Crippen MR) is 63.6 cm³/mol. The van der Waals surface area contributed by atoms with Gasteiger partial charge in [0.1, 0.15) is 0 Å². The Morgan fingerprint density at radius 1 is 1.33 bits per heavy atom. The van der Waals surface area contributed by atoms with Gasteiger partial charge in [0.2, 0.25) is 5.91 Å². The molecule has 90 valence electrons. The van der Waals surface area contributed by atoms with Crippen molar-refractivity contribution in [3.8, 4) is 0 Å². The van der Waals surface area contributed by atoms with Crippen molar-refractivity contribution >= 4 is 5.91 Å². The van der Waals surface area contributed by atoms with Crippen molar-refractivity contribution in [1.82, 2.24) is 10.2 Å². The second-order valence-electron chi connectivity index (χ2n) is 4.79. The summed E-state index contributed by atoms with van der Waals surface area (Å²) in [6, 6.07) is -0.0421. The average Bonchev–Trinajstić information content (AvgIpc) is 2.12. The third-order valence-corrected chi connectivity index (χ3v) is 2.52. The molecule has 0 aliphatic carbocycles. The highest BCUT2D eigenvalue weighted by molar-refractivity contribution is 5.81. The maximum absolute atomic E-state index is 11.6. The van der Waals surface area contributed by atoms with Crippen molar-refractivity contribution < 1.29 is 4.79 Å². The van der Waals surface area contributed by atoms with Crippen LogP contribution in [0.4, 0.5) is 0 Å². The van der Waals surface area contributed by atoms with Crippen molar-refractivity contribution in [3.05, 3.63) is 0 Å². The third-order valence-electron chi connectivity index (χ3n) is 2.52. The topological polar surface area (TPSA) is 58.4 Å². The van der Waals surface area contributed by atoms with E-state index >= 15 is 0 Å². The number of likely N-dealkylation sites (N-methyl/N-ethyl adjacent to an activating group) is 1. The molecule has 0 aromatic rings. The van der Waals surface area contributed by atoms with Gasteiger partial charge in [0.15, 0.2) is 0 Å². The minimum Gasteiger partial charge on any atom is -0.353 e. The number of hydrogen-bond acceptors (Lipinski definition) is 3. The molecule has 0 rings (SSSR count). The van der Waals surface area contributed by atoms with Crippen molar-refractivity contribution in [3.63, 3.8) is 0 Å². The second-order valence-corrected chi connectivity index (χ2v) is 4.79. The Morgan fingerprint density at radius 2 is 1.87 bits per heavy atom. The Morgan fingerprint density at radius 3 is 2.27 bits per heavy atom. The van der Waals surface area contributed by atoms with Crippen molar-refractivity contribution in [2.45, 2.75) is 39.3 Å². The van der Waals surface area contributed by atoms with E-state index in [1.165, 1.54) is 0 Å². The van der Waals surface area contributed by atoms with Gasteiger partial charge in [0.25, 0.3) is 0 Å². The Bertz CT molecular complexity index is 192. The molecule has 0 spiro atoms. The first-order valence-corrected chi connectivity index (χ1v) is 5.54. The normalized spacial score (nSPS) is 15.5. The van der Waals surface area contributed by atoms with Crippen LogP contribution in [0.25, 0.3) is 0 Å². The molecule has 0 radical (unpaired) electrons. The summed E-state index contributed by atoms with van der Waals surface area (Å²) in [5, 5.41) is 2.86. The number of nitrogens with zero attached hydrogens (tertiary/aromatic N) is 1. The van der Waals surface area contributed by atoms with E-state index in [4.69, 9.17) is 5.73 Å². The summed E-state index contributed by atoms with van der Waals surface area (Å²) in [4.78, 5) is 13.6. The summed E-state index contributed by atoms with van der Waals surface area (Å²) in [5.41, 5.74) is 5.75. The largest absolute Gasteiger partial charge is 0.353 e. The van der Waals surface area contributed by atoms with Gasteiger partial charge in [0, 0.05) is 12.6 Å². The molecule has 0 saturated carbocycles. The molecule has 1 amide bonds. The summed E-state index contributed by atoms with van der Waals surface area (Å²) in [5.74, 6) is 0.412. The molecule has 0 aliphatic heterocycles. The van der Waals surface area contributed by atoms with Crippen LogP contribution in [0.3, 0.4) is 0 Å². The molecule has 0 heterocycles. The van der Waals surface area contributed by atoms with Crippen LogP contribution in [-0.2, 0) is 4.79 Å². The average molecular weight is 215 g/mol. The minimum atomic E-state index is -0.376. The van der Waals surface area contributed by atoms with E-state index in [2.05, 4.69) is 31.0 Å². The number of carbonyl (C=O) groups is 1. The van der Waals surface area contributed by atoms with Gasteiger partial charge >= 0.3 is 0 Å². The molecule has 0 aliphatic rings. The summed E-state index contributed by atoms with van der Waals surface area (Å²) in [7, 11) is 3.98. The van der Waals surface area contributed by atoms with E-state index in [1.807, 2.05) is 14.1 Å². The highest BCUT2D eigenvalue weighted by Gasteiger charge is 2.15. The molecule has 0 aromatic carbocycles. The first-order valence-electron chi connectivity index (χ1n) is 5.54. The van der Waals surface area contributed by atoms with Gasteiger partial charge in [-0.2, -0.15) is 0 Å². The van der Waals surface area contributed by atoms with E-state index < -0.39 is 0 Å². The maximum Gasteiger partial charge on any atom is 0.236 e. The van der Waals surface area contributed by atoms with E-state index in [9.17, 15) is 4.79 Å². The van der Waals surface area contributed by atoms with Crippen molar-refractivity contribution in [2.24, 2.45) is 11.7 Å². The van der Waals surface area contributed by atoms with E-state index in [-0.39, 0.29) is 11.9 Å². The van der Waals surface area contributed by atoms with Crippen LogP contribution >= 0.6 is 0 Å². The summed E-state index contributed by atoms with van der Waals surface area (Å²) in [6.07, 6.45) is 0.738. The SMILES string of the molecule is CC(C)C[C@@H](N)C(=O)NCC(C)N(C)C. The molecule has 0 aromatic heterocycles. The first-order chi connectivity index (χ1) is 6.84. The monoisotopic (exact) mass is 215 g/mol. The van der Waals surface area contributed by atoms with Crippen LogP contribution in [0.2, 0.25) is 0 Å². The molecule has 4 nitrogen and oxygen atoms in total. The van der Waals surface area contributed by atoms with Gasteiger partial charge in [-0.25, -0.2) is 0 Å². The molecule has 3 N–H and O–H groups in total. The van der Waals surface area contributed by atoms with Crippen LogP contribution in [0.5, 0.6) is 0 Å². The van der Waals surface area contributed by atoms with E-state index in [0.29, 0.717) is 18.5 Å².